The van der Waals surface area contributed by atoms with Crippen LogP contribution < -0.4 is 18.9 Å². The Balaban J connectivity index is 1.10. The number of carbonyl (C=O) groups is 2. The van der Waals surface area contributed by atoms with Crippen LogP contribution in [0.3, 0.4) is 0 Å². The zero-order valence-corrected chi connectivity index (χ0v) is 22.7. The minimum absolute atomic E-state index is 0.0473. The van der Waals surface area contributed by atoms with Crippen molar-refractivity contribution in [1.82, 2.24) is 9.80 Å². The van der Waals surface area contributed by atoms with Crippen molar-refractivity contribution >= 4 is 35.6 Å². The van der Waals surface area contributed by atoms with Gasteiger partial charge in [-0.1, -0.05) is 0 Å². The monoisotopic (exact) mass is 568 g/mol. The predicted molar refractivity (Wildman–Crippen MR) is 147 cm³/mol. The Bertz CT molecular complexity index is 1330. The first-order valence-corrected chi connectivity index (χ1v) is 13.5. The molecule has 4 heterocycles. The first kappa shape index (κ1) is 27.0. The molecule has 2 saturated heterocycles. The van der Waals surface area contributed by atoms with Gasteiger partial charge in [0.05, 0.1) is 75.1 Å². The molecule has 0 spiro atoms. The van der Waals surface area contributed by atoms with Crippen LogP contribution >= 0.6 is 0 Å². The molecule has 10 nitrogen and oxygen atoms in total. The van der Waals surface area contributed by atoms with E-state index in [-0.39, 0.29) is 63.0 Å². The number of amides is 2. The van der Waals surface area contributed by atoms with E-state index in [1.54, 1.807) is 36.7 Å². The van der Waals surface area contributed by atoms with E-state index in [0.29, 0.717) is 51.9 Å². The summed E-state index contributed by atoms with van der Waals surface area (Å²) in [4.78, 5) is 37.9. The summed E-state index contributed by atoms with van der Waals surface area (Å²) >= 11 is 0. The minimum atomic E-state index is -1.06. The molecule has 0 aromatic heterocycles. The lowest BCUT2D eigenvalue weighted by Crippen LogP contribution is -2.35. The van der Waals surface area contributed by atoms with Gasteiger partial charge in [0.1, 0.15) is 12.3 Å². The zero-order chi connectivity index (χ0) is 28.7. The van der Waals surface area contributed by atoms with Gasteiger partial charge in [0, 0.05) is 43.8 Å². The van der Waals surface area contributed by atoms with Gasteiger partial charge in [0.15, 0.2) is 23.0 Å². The summed E-state index contributed by atoms with van der Waals surface area (Å²) in [6.45, 7) is 0.642. The SMILES string of the molecule is COc1cc2c(cc1OCCCOc1cc3c(cc1OC)C(=O)N1C[C@@H](F)C[C@H]1C=N3)N=C[C@@H]1C[C@H](F)CN1C2=O. The number of alkyl halides is 2. The van der Waals surface area contributed by atoms with Crippen LogP contribution in [0.25, 0.3) is 0 Å². The Morgan fingerprint density at radius 3 is 1.59 bits per heavy atom. The van der Waals surface area contributed by atoms with Gasteiger partial charge in [-0.3, -0.25) is 19.6 Å². The van der Waals surface area contributed by atoms with Crippen LogP contribution in [-0.2, 0) is 0 Å². The summed E-state index contributed by atoms with van der Waals surface area (Å²) in [7, 11) is 2.96. The van der Waals surface area contributed by atoms with Crippen LogP contribution in [0, 0.1) is 0 Å². The van der Waals surface area contributed by atoms with Crippen molar-refractivity contribution in [2.45, 2.75) is 43.7 Å². The molecular weight excluding hydrogens is 538 g/mol. The summed E-state index contributed by atoms with van der Waals surface area (Å²) in [5.74, 6) is 1.03. The fourth-order valence-electron chi connectivity index (χ4n) is 5.64. The highest BCUT2D eigenvalue weighted by molar-refractivity contribution is 6.04. The standard InChI is InChI=1S/C29H30F2N4O6/c1-38-24-8-20-22(32-12-18-6-16(30)14-34(18)28(20)36)10-26(24)40-4-3-5-41-27-11-23-21(9-25(27)39-2)29(37)35-15-17(31)7-19(35)13-33-23/h8-13,16-19H,3-7,14-15H2,1-2H3/t16-,17-,18-,19-/m0/s1. The van der Waals surface area contributed by atoms with E-state index in [1.807, 2.05) is 0 Å². The third-order valence-corrected chi connectivity index (χ3v) is 7.71. The van der Waals surface area contributed by atoms with Crippen LogP contribution in [0.15, 0.2) is 34.3 Å². The molecule has 0 radical (unpaired) electrons. The number of hydrogen-bond acceptors (Lipinski definition) is 8. The topological polar surface area (TPSA) is 102 Å². The van der Waals surface area contributed by atoms with E-state index < -0.39 is 12.3 Å². The van der Waals surface area contributed by atoms with Crippen LogP contribution in [-0.4, -0.2) is 99.0 Å². The summed E-state index contributed by atoms with van der Waals surface area (Å²) < 4.78 is 50.6. The first-order chi connectivity index (χ1) is 19.9. The molecule has 2 aromatic carbocycles. The van der Waals surface area contributed by atoms with Crippen molar-refractivity contribution in [3.63, 3.8) is 0 Å². The highest BCUT2D eigenvalue weighted by Crippen LogP contribution is 2.40. The first-order valence-electron chi connectivity index (χ1n) is 13.5. The largest absolute Gasteiger partial charge is 0.493 e. The number of aliphatic imine (C=N–C) groups is 2. The summed E-state index contributed by atoms with van der Waals surface area (Å²) in [6.07, 6.45) is 2.06. The lowest BCUT2D eigenvalue weighted by atomic mass is 10.1. The fourth-order valence-corrected chi connectivity index (χ4v) is 5.64. The molecule has 2 aromatic rings. The van der Waals surface area contributed by atoms with Crippen LogP contribution in [0.5, 0.6) is 23.0 Å². The highest BCUT2D eigenvalue weighted by atomic mass is 19.1. The number of benzene rings is 2. The number of hydrogen-bond donors (Lipinski definition) is 0. The number of methoxy groups -OCH3 is 2. The Morgan fingerprint density at radius 2 is 1.17 bits per heavy atom. The number of carbonyl (C=O) groups excluding carboxylic acids is 2. The van der Waals surface area contributed by atoms with Gasteiger partial charge in [0.25, 0.3) is 11.8 Å². The lowest BCUT2D eigenvalue weighted by molar-refractivity contribution is 0.0758. The number of fused-ring (bicyclic) bond motifs is 4. The number of nitrogens with zero attached hydrogens (tertiary/aromatic N) is 4. The molecule has 0 unspecified atom stereocenters. The van der Waals surface area contributed by atoms with Crippen LogP contribution in [0.4, 0.5) is 20.2 Å². The normalized spacial score (nSPS) is 24.3. The Morgan fingerprint density at radius 1 is 0.732 bits per heavy atom. The summed E-state index contributed by atoms with van der Waals surface area (Å²) in [5.41, 5.74) is 1.57. The smallest absolute Gasteiger partial charge is 0.256 e. The molecule has 2 fully saturated rings. The number of ether oxygens (including phenoxy) is 4. The van der Waals surface area contributed by atoms with Crippen molar-refractivity contribution in [3.05, 3.63) is 35.4 Å². The van der Waals surface area contributed by atoms with Gasteiger partial charge in [0.2, 0.25) is 0 Å². The fraction of sp³-hybridized carbons (Fsp3) is 0.448. The molecule has 4 atom stereocenters. The zero-order valence-electron chi connectivity index (χ0n) is 22.7. The summed E-state index contributed by atoms with van der Waals surface area (Å²) in [5, 5.41) is 0. The van der Waals surface area contributed by atoms with Gasteiger partial charge in [-0.15, -0.1) is 0 Å². The van der Waals surface area contributed by atoms with E-state index in [2.05, 4.69) is 9.98 Å². The van der Waals surface area contributed by atoms with Crippen molar-refractivity contribution < 1.29 is 37.3 Å². The van der Waals surface area contributed by atoms with Crippen LogP contribution in [0.2, 0.25) is 0 Å². The van der Waals surface area contributed by atoms with Gasteiger partial charge in [-0.2, -0.15) is 0 Å². The molecule has 6 rings (SSSR count). The number of rotatable bonds is 8. The molecular formula is C29H30F2N4O6. The molecule has 0 saturated carbocycles. The second-order valence-corrected chi connectivity index (χ2v) is 10.4. The van der Waals surface area contributed by atoms with E-state index in [0.717, 1.165) is 0 Å². The van der Waals surface area contributed by atoms with E-state index in [4.69, 9.17) is 18.9 Å². The van der Waals surface area contributed by atoms with Gasteiger partial charge in [-0.05, 0) is 12.1 Å². The van der Waals surface area contributed by atoms with E-state index in [9.17, 15) is 18.4 Å². The summed E-state index contributed by atoms with van der Waals surface area (Å²) in [6, 6.07) is 5.72. The predicted octanol–water partition coefficient (Wildman–Crippen LogP) is 4.09. The van der Waals surface area contributed by atoms with Gasteiger partial charge >= 0.3 is 0 Å². The molecule has 0 aliphatic carbocycles. The molecule has 4 aliphatic heterocycles. The molecule has 0 bridgehead atoms. The van der Waals surface area contributed by atoms with E-state index >= 15 is 0 Å². The maximum absolute atomic E-state index is 13.9. The average Bonchev–Trinajstić information content (AvgIpc) is 3.48. The van der Waals surface area contributed by atoms with E-state index in [1.165, 1.54) is 24.0 Å². The third kappa shape index (κ3) is 5.07. The van der Waals surface area contributed by atoms with Gasteiger partial charge < -0.3 is 28.7 Å². The highest BCUT2D eigenvalue weighted by Gasteiger charge is 2.39. The van der Waals surface area contributed by atoms with Crippen LogP contribution in [0.1, 0.15) is 40.0 Å². The van der Waals surface area contributed by atoms with Crippen molar-refractivity contribution in [3.8, 4) is 23.0 Å². The van der Waals surface area contributed by atoms with Crippen molar-refractivity contribution in [1.29, 1.82) is 0 Å². The Labute approximate surface area is 235 Å². The Hall–Kier alpha value is -4.22. The molecule has 2 amide bonds. The lowest BCUT2D eigenvalue weighted by Gasteiger charge is -2.20. The maximum atomic E-state index is 13.9. The minimum Gasteiger partial charge on any atom is -0.493 e. The third-order valence-electron chi connectivity index (χ3n) is 7.71. The second kappa shape index (κ2) is 11.0. The Kier molecular flexibility index (Phi) is 7.22. The van der Waals surface area contributed by atoms with Crippen molar-refractivity contribution in [2.24, 2.45) is 9.98 Å². The molecule has 41 heavy (non-hydrogen) atoms. The quantitative estimate of drug-likeness (QED) is 0.445. The molecule has 216 valence electrons. The average molecular weight is 569 g/mol. The molecule has 12 heteroatoms. The second-order valence-electron chi connectivity index (χ2n) is 10.4. The molecule has 0 N–H and O–H groups in total. The molecule has 4 aliphatic rings. The van der Waals surface area contributed by atoms with Gasteiger partial charge in [-0.25, -0.2) is 8.78 Å². The number of halogens is 2. The van der Waals surface area contributed by atoms with Crippen molar-refractivity contribution in [2.75, 3.05) is 40.5 Å². The maximum Gasteiger partial charge on any atom is 0.256 e.